The molecule has 0 aromatic heterocycles. The molecule has 118 valence electrons. The monoisotopic (exact) mass is 292 g/mol. The maximum Gasteiger partial charge on any atom is 0.127 e. The van der Waals surface area contributed by atoms with Gasteiger partial charge in [-0.2, -0.15) is 0 Å². The van der Waals surface area contributed by atoms with Crippen molar-refractivity contribution in [3.63, 3.8) is 0 Å². The van der Waals surface area contributed by atoms with Gasteiger partial charge in [-0.05, 0) is 38.4 Å². The molecule has 1 aliphatic heterocycles. The molecule has 1 unspecified atom stereocenters. The molecule has 4 heteroatoms. The van der Waals surface area contributed by atoms with Crippen LogP contribution in [0.1, 0.15) is 31.7 Å². The second-order valence-corrected chi connectivity index (χ2v) is 5.71. The van der Waals surface area contributed by atoms with Gasteiger partial charge >= 0.3 is 0 Å². The Morgan fingerprint density at radius 2 is 2.14 bits per heavy atom. The summed E-state index contributed by atoms with van der Waals surface area (Å²) in [5, 5.41) is 3.59. The molecule has 1 fully saturated rings. The highest BCUT2D eigenvalue weighted by Crippen LogP contribution is 2.26. The molecular formula is C17H28N2O2. The number of nitrogens with one attached hydrogen (secondary N) is 1. The molecule has 0 bridgehead atoms. The maximum absolute atomic E-state index is 5.51. The van der Waals surface area contributed by atoms with Crippen LogP contribution in [0.15, 0.2) is 18.2 Å². The molecule has 2 rings (SSSR count). The Morgan fingerprint density at radius 3 is 2.76 bits per heavy atom. The van der Waals surface area contributed by atoms with Gasteiger partial charge in [0.15, 0.2) is 0 Å². The Balaban J connectivity index is 2.04. The summed E-state index contributed by atoms with van der Waals surface area (Å²) in [5.41, 5.74) is 1.23. The molecule has 4 nitrogen and oxygen atoms in total. The van der Waals surface area contributed by atoms with E-state index in [1.165, 1.54) is 24.8 Å². The van der Waals surface area contributed by atoms with Crippen molar-refractivity contribution in [3.05, 3.63) is 23.8 Å². The van der Waals surface area contributed by atoms with E-state index >= 15 is 0 Å². The minimum Gasteiger partial charge on any atom is -0.497 e. The minimum absolute atomic E-state index is 0.640. The second kappa shape index (κ2) is 8.25. The van der Waals surface area contributed by atoms with Crippen molar-refractivity contribution < 1.29 is 9.47 Å². The molecule has 1 aliphatic rings. The Labute approximate surface area is 128 Å². The molecule has 0 amide bonds. The van der Waals surface area contributed by atoms with Crippen LogP contribution in [-0.2, 0) is 6.54 Å². The predicted molar refractivity (Wildman–Crippen MR) is 86.1 cm³/mol. The number of rotatable bonds is 8. The number of benzene rings is 1. The van der Waals surface area contributed by atoms with E-state index in [9.17, 15) is 0 Å². The third-order valence-electron chi connectivity index (χ3n) is 4.07. The summed E-state index contributed by atoms with van der Waals surface area (Å²) in [6, 6.07) is 6.73. The fourth-order valence-electron chi connectivity index (χ4n) is 3.00. The molecule has 0 saturated carbocycles. The molecule has 1 aromatic carbocycles. The van der Waals surface area contributed by atoms with Gasteiger partial charge in [0.25, 0.3) is 0 Å². The van der Waals surface area contributed by atoms with Crippen molar-refractivity contribution in [3.8, 4) is 11.5 Å². The average Bonchev–Trinajstić information content (AvgIpc) is 3.00. The zero-order valence-corrected chi connectivity index (χ0v) is 13.5. The van der Waals surface area contributed by atoms with Gasteiger partial charge < -0.3 is 14.8 Å². The molecule has 1 aromatic rings. The van der Waals surface area contributed by atoms with Crippen molar-refractivity contribution in [2.24, 2.45) is 0 Å². The second-order valence-electron chi connectivity index (χ2n) is 5.71. The van der Waals surface area contributed by atoms with Crippen molar-refractivity contribution in [1.82, 2.24) is 10.2 Å². The zero-order chi connectivity index (χ0) is 15.1. The van der Waals surface area contributed by atoms with Crippen LogP contribution in [0.5, 0.6) is 11.5 Å². The van der Waals surface area contributed by atoms with E-state index in [4.69, 9.17) is 9.47 Å². The van der Waals surface area contributed by atoms with E-state index in [0.717, 1.165) is 37.7 Å². The van der Waals surface area contributed by atoms with Crippen molar-refractivity contribution >= 4 is 0 Å². The molecule has 1 heterocycles. The van der Waals surface area contributed by atoms with E-state index in [1.807, 2.05) is 12.1 Å². The zero-order valence-electron chi connectivity index (χ0n) is 13.5. The number of ether oxygens (including phenoxy) is 2. The Morgan fingerprint density at radius 1 is 1.29 bits per heavy atom. The molecule has 1 N–H and O–H groups in total. The summed E-state index contributed by atoms with van der Waals surface area (Å²) in [7, 11) is 3.41. The summed E-state index contributed by atoms with van der Waals surface area (Å²) in [5.74, 6) is 1.75. The van der Waals surface area contributed by atoms with Gasteiger partial charge in [-0.25, -0.2) is 0 Å². The van der Waals surface area contributed by atoms with Gasteiger partial charge in [0.2, 0.25) is 0 Å². The molecule has 1 atom stereocenters. The fraction of sp³-hybridized carbons (Fsp3) is 0.647. The van der Waals surface area contributed by atoms with Gasteiger partial charge in [-0.15, -0.1) is 0 Å². The largest absolute Gasteiger partial charge is 0.497 e. The van der Waals surface area contributed by atoms with Gasteiger partial charge in [-0.3, -0.25) is 4.90 Å². The van der Waals surface area contributed by atoms with Crippen LogP contribution in [0.2, 0.25) is 0 Å². The van der Waals surface area contributed by atoms with Gasteiger partial charge in [0, 0.05) is 30.8 Å². The van der Waals surface area contributed by atoms with Crippen molar-refractivity contribution in [1.29, 1.82) is 0 Å². The van der Waals surface area contributed by atoms with E-state index in [1.54, 1.807) is 14.2 Å². The lowest BCUT2D eigenvalue weighted by molar-refractivity contribution is 0.238. The van der Waals surface area contributed by atoms with Crippen LogP contribution in [-0.4, -0.2) is 44.8 Å². The maximum atomic E-state index is 5.51. The van der Waals surface area contributed by atoms with Crippen molar-refractivity contribution in [2.45, 2.75) is 38.8 Å². The predicted octanol–water partition coefficient (Wildman–Crippen LogP) is 2.67. The standard InChI is InChI=1S/C17H28N2O2/c1-4-10-19(13-15-6-5-9-18-15)12-14-7-8-16(20-2)11-17(14)21-3/h7-8,11,15,18H,4-6,9-10,12-13H2,1-3H3. The highest BCUT2D eigenvalue weighted by atomic mass is 16.5. The SMILES string of the molecule is CCCN(Cc1ccc(OC)cc1OC)CC1CCCN1. The quantitative estimate of drug-likeness (QED) is 0.799. The van der Waals surface area contributed by atoms with Gasteiger partial charge in [-0.1, -0.05) is 13.0 Å². The number of hydrogen-bond donors (Lipinski definition) is 1. The normalized spacial score (nSPS) is 18.2. The van der Waals surface area contributed by atoms with E-state index in [0.29, 0.717) is 6.04 Å². The lowest BCUT2D eigenvalue weighted by Crippen LogP contribution is -2.37. The Kier molecular flexibility index (Phi) is 6.33. The molecule has 1 saturated heterocycles. The summed E-state index contributed by atoms with van der Waals surface area (Å²) in [6.45, 7) is 6.56. The van der Waals surface area contributed by atoms with Crippen LogP contribution < -0.4 is 14.8 Å². The Hall–Kier alpha value is -1.26. The van der Waals surface area contributed by atoms with Gasteiger partial charge in [0.05, 0.1) is 14.2 Å². The van der Waals surface area contributed by atoms with E-state index < -0.39 is 0 Å². The summed E-state index contributed by atoms with van der Waals surface area (Å²) >= 11 is 0. The fourth-order valence-corrected chi connectivity index (χ4v) is 3.00. The summed E-state index contributed by atoms with van der Waals surface area (Å²) in [4.78, 5) is 2.52. The summed E-state index contributed by atoms with van der Waals surface area (Å²) in [6.07, 6.45) is 3.77. The molecular weight excluding hydrogens is 264 g/mol. The number of methoxy groups -OCH3 is 2. The van der Waals surface area contributed by atoms with Crippen LogP contribution in [0.3, 0.4) is 0 Å². The first-order chi connectivity index (χ1) is 10.3. The van der Waals surface area contributed by atoms with E-state index in [-0.39, 0.29) is 0 Å². The third-order valence-corrected chi connectivity index (χ3v) is 4.07. The van der Waals surface area contributed by atoms with Crippen LogP contribution in [0, 0.1) is 0 Å². The number of hydrogen-bond acceptors (Lipinski definition) is 4. The average molecular weight is 292 g/mol. The molecule has 0 radical (unpaired) electrons. The van der Waals surface area contributed by atoms with Crippen LogP contribution in [0.25, 0.3) is 0 Å². The highest BCUT2D eigenvalue weighted by molar-refractivity contribution is 5.40. The van der Waals surface area contributed by atoms with Crippen molar-refractivity contribution in [2.75, 3.05) is 33.9 Å². The first kappa shape index (κ1) is 16.1. The van der Waals surface area contributed by atoms with Crippen LogP contribution in [0.4, 0.5) is 0 Å². The third kappa shape index (κ3) is 4.61. The van der Waals surface area contributed by atoms with E-state index in [2.05, 4.69) is 23.2 Å². The molecule has 0 aliphatic carbocycles. The highest BCUT2D eigenvalue weighted by Gasteiger charge is 2.18. The Bertz CT molecular complexity index is 431. The first-order valence-electron chi connectivity index (χ1n) is 7.93. The topological polar surface area (TPSA) is 33.7 Å². The first-order valence-corrected chi connectivity index (χ1v) is 7.93. The lowest BCUT2D eigenvalue weighted by Gasteiger charge is -2.26. The molecule has 0 spiro atoms. The smallest absolute Gasteiger partial charge is 0.127 e. The molecule has 21 heavy (non-hydrogen) atoms. The minimum atomic E-state index is 0.640. The van der Waals surface area contributed by atoms with Gasteiger partial charge in [0.1, 0.15) is 11.5 Å². The van der Waals surface area contributed by atoms with Crippen LogP contribution >= 0.6 is 0 Å². The lowest BCUT2D eigenvalue weighted by atomic mass is 10.1. The summed E-state index contributed by atoms with van der Waals surface area (Å²) < 4.78 is 10.8. The number of nitrogens with zero attached hydrogens (tertiary/aromatic N) is 1.